The van der Waals surface area contributed by atoms with Gasteiger partial charge in [-0.25, -0.2) is 13.8 Å². The molecule has 1 fully saturated rings. The van der Waals surface area contributed by atoms with E-state index in [1.807, 2.05) is 4.90 Å². The van der Waals surface area contributed by atoms with Crippen molar-refractivity contribution < 1.29 is 8.78 Å². The minimum atomic E-state index is -2.67. The predicted octanol–water partition coefficient (Wildman–Crippen LogP) is 1.89. The molecule has 3 aromatic rings. The number of hydrogen-bond donors (Lipinski definition) is 1. The molecular formula is C19H20F2N6O. The number of fused-ring (bicyclic) bond motifs is 1. The standard InChI is InChI=1S/C19H20F2N6O/c1-12-10-24-14-9-16(26-7-5-22-6-8-26)19(28)27(18(14)25-12)11-15-13(17(20)21)3-2-4-23-15/h2-4,9-10,17,22H,5-8,11H2,1H3. The largest absolute Gasteiger partial charge is 0.364 e. The van der Waals surface area contributed by atoms with Crippen LogP contribution in [0.1, 0.15) is 23.4 Å². The molecule has 146 valence electrons. The summed E-state index contributed by atoms with van der Waals surface area (Å²) in [5.41, 5.74) is 1.76. The molecule has 28 heavy (non-hydrogen) atoms. The Bertz CT molecular complexity index is 1060. The predicted molar refractivity (Wildman–Crippen MR) is 102 cm³/mol. The fraction of sp³-hybridized carbons (Fsp3) is 0.368. The Morgan fingerprint density at radius 2 is 2.04 bits per heavy atom. The number of alkyl halides is 2. The minimum Gasteiger partial charge on any atom is -0.364 e. The lowest BCUT2D eigenvalue weighted by molar-refractivity contribution is 0.149. The second-order valence-corrected chi connectivity index (χ2v) is 6.72. The second-order valence-electron chi connectivity index (χ2n) is 6.72. The van der Waals surface area contributed by atoms with Gasteiger partial charge in [0.2, 0.25) is 0 Å². The van der Waals surface area contributed by atoms with Crippen LogP contribution < -0.4 is 15.8 Å². The first-order chi connectivity index (χ1) is 13.5. The average molecular weight is 386 g/mol. The summed E-state index contributed by atoms with van der Waals surface area (Å²) in [5, 5.41) is 3.25. The summed E-state index contributed by atoms with van der Waals surface area (Å²) in [6, 6.07) is 4.53. The quantitative estimate of drug-likeness (QED) is 0.738. The van der Waals surface area contributed by atoms with Gasteiger partial charge in [-0.1, -0.05) is 0 Å². The van der Waals surface area contributed by atoms with Gasteiger partial charge in [-0.05, 0) is 25.1 Å². The summed E-state index contributed by atoms with van der Waals surface area (Å²) < 4.78 is 28.2. The van der Waals surface area contributed by atoms with Crippen LogP contribution in [-0.2, 0) is 6.54 Å². The summed E-state index contributed by atoms with van der Waals surface area (Å²) in [4.78, 5) is 28.2. The SMILES string of the molecule is Cc1cnc2cc(N3CCNCC3)c(=O)n(Cc3ncccc3C(F)F)c2n1. The summed E-state index contributed by atoms with van der Waals surface area (Å²) in [5.74, 6) is 0. The number of rotatable bonds is 4. The summed E-state index contributed by atoms with van der Waals surface area (Å²) in [7, 11) is 0. The fourth-order valence-corrected chi connectivity index (χ4v) is 3.41. The molecule has 1 aliphatic rings. The number of aryl methyl sites for hydroxylation is 1. The zero-order valence-electron chi connectivity index (χ0n) is 15.4. The number of pyridine rings is 2. The van der Waals surface area contributed by atoms with Gasteiger partial charge >= 0.3 is 0 Å². The number of piperazine rings is 1. The third-order valence-corrected chi connectivity index (χ3v) is 4.82. The smallest absolute Gasteiger partial charge is 0.276 e. The molecule has 1 aliphatic heterocycles. The first kappa shape index (κ1) is 18.4. The zero-order valence-corrected chi connectivity index (χ0v) is 15.4. The molecule has 1 saturated heterocycles. The summed E-state index contributed by atoms with van der Waals surface area (Å²) >= 11 is 0. The topological polar surface area (TPSA) is 75.9 Å². The molecule has 0 aromatic carbocycles. The minimum absolute atomic E-state index is 0.0894. The molecule has 0 atom stereocenters. The highest BCUT2D eigenvalue weighted by Gasteiger charge is 2.21. The van der Waals surface area contributed by atoms with Crippen LogP contribution in [-0.4, -0.2) is 45.7 Å². The van der Waals surface area contributed by atoms with E-state index in [4.69, 9.17) is 0 Å². The van der Waals surface area contributed by atoms with E-state index in [9.17, 15) is 13.6 Å². The van der Waals surface area contributed by atoms with Gasteiger partial charge in [0.15, 0.2) is 5.65 Å². The van der Waals surface area contributed by atoms with E-state index in [-0.39, 0.29) is 23.4 Å². The van der Waals surface area contributed by atoms with E-state index in [2.05, 4.69) is 20.3 Å². The van der Waals surface area contributed by atoms with E-state index in [0.29, 0.717) is 35.6 Å². The normalized spacial score (nSPS) is 14.8. The number of nitrogens with one attached hydrogen (secondary N) is 1. The lowest BCUT2D eigenvalue weighted by Gasteiger charge is -2.29. The van der Waals surface area contributed by atoms with Crippen molar-refractivity contribution in [2.24, 2.45) is 0 Å². The highest BCUT2D eigenvalue weighted by Crippen LogP contribution is 2.23. The molecule has 0 unspecified atom stereocenters. The summed E-state index contributed by atoms with van der Waals surface area (Å²) in [6.45, 7) is 4.60. The lowest BCUT2D eigenvalue weighted by Crippen LogP contribution is -2.46. The van der Waals surface area contributed by atoms with Crippen LogP contribution in [0, 0.1) is 6.92 Å². The first-order valence-corrected chi connectivity index (χ1v) is 9.09. The Morgan fingerprint density at radius 1 is 1.25 bits per heavy atom. The third kappa shape index (κ3) is 3.45. The van der Waals surface area contributed by atoms with Crippen molar-refractivity contribution in [3.63, 3.8) is 0 Å². The molecule has 1 N–H and O–H groups in total. The van der Waals surface area contributed by atoms with Crippen LogP contribution in [0.2, 0.25) is 0 Å². The van der Waals surface area contributed by atoms with Crippen LogP contribution in [0.5, 0.6) is 0 Å². The fourth-order valence-electron chi connectivity index (χ4n) is 3.41. The highest BCUT2D eigenvalue weighted by atomic mass is 19.3. The van der Waals surface area contributed by atoms with Crippen LogP contribution in [0.3, 0.4) is 0 Å². The molecule has 0 spiro atoms. The van der Waals surface area contributed by atoms with Crippen LogP contribution in [0.15, 0.2) is 35.4 Å². The van der Waals surface area contributed by atoms with Crippen LogP contribution in [0.25, 0.3) is 11.2 Å². The number of nitrogens with zero attached hydrogens (tertiary/aromatic N) is 5. The van der Waals surface area contributed by atoms with E-state index in [1.54, 1.807) is 19.2 Å². The van der Waals surface area contributed by atoms with Gasteiger partial charge in [-0.2, -0.15) is 0 Å². The van der Waals surface area contributed by atoms with Gasteiger partial charge in [0.05, 0.1) is 17.9 Å². The highest BCUT2D eigenvalue weighted by molar-refractivity contribution is 5.75. The van der Waals surface area contributed by atoms with E-state index in [0.717, 1.165) is 13.1 Å². The second kappa shape index (κ2) is 7.59. The van der Waals surface area contributed by atoms with Gasteiger partial charge in [-0.3, -0.25) is 19.3 Å². The number of hydrogen-bond acceptors (Lipinski definition) is 6. The van der Waals surface area contributed by atoms with Crippen molar-refractivity contribution in [3.05, 3.63) is 57.9 Å². The maximum absolute atomic E-state index is 13.4. The van der Waals surface area contributed by atoms with Crippen molar-refractivity contribution in [1.82, 2.24) is 24.8 Å². The van der Waals surface area contributed by atoms with E-state index >= 15 is 0 Å². The monoisotopic (exact) mass is 386 g/mol. The Morgan fingerprint density at radius 3 is 2.79 bits per heavy atom. The molecule has 0 amide bonds. The van der Waals surface area contributed by atoms with Crippen LogP contribution in [0.4, 0.5) is 14.5 Å². The molecule has 4 heterocycles. The van der Waals surface area contributed by atoms with Gasteiger partial charge < -0.3 is 10.2 Å². The van der Waals surface area contributed by atoms with Crippen molar-refractivity contribution in [3.8, 4) is 0 Å². The molecule has 9 heteroatoms. The molecule has 3 aromatic heterocycles. The number of halogens is 2. The third-order valence-electron chi connectivity index (χ3n) is 4.82. The van der Waals surface area contributed by atoms with Gasteiger partial charge in [0, 0.05) is 44.1 Å². The maximum Gasteiger partial charge on any atom is 0.276 e. The van der Waals surface area contributed by atoms with Crippen molar-refractivity contribution in [2.75, 3.05) is 31.1 Å². The molecule has 4 rings (SSSR count). The van der Waals surface area contributed by atoms with E-state index < -0.39 is 6.43 Å². The van der Waals surface area contributed by atoms with Crippen molar-refractivity contribution in [2.45, 2.75) is 19.9 Å². The number of aromatic nitrogens is 4. The Labute approximate surface area is 160 Å². The molecule has 0 saturated carbocycles. The van der Waals surface area contributed by atoms with Crippen LogP contribution >= 0.6 is 0 Å². The molecule has 0 radical (unpaired) electrons. The maximum atomic E-state index is 13.4. The molecule has 7 nitrogen and oxygen atoms in total. The molecular weight excluding hydrogens is 366 g/mol. The Balaban J connectivity index is 1.89. The van der Waals surface area contributed by atoms with Crippen molar-refractivity contribution in [1.29, 1.82) is 0 Å². The van der Waals surface area contributed by atoms with Crippen molar-refractivity contribution >= 4 is 16.9 Å². The van der Waals surface area contributed by atoms with Gasteiger partial charge in [0.25, 0.3) is 12.0 Å². The number of anilines is 1. The zero-order chi connectivity index (χ0) is 19.7. The summed E-state index contributed by atoms with van der Waals surface area (Å²) in [6.07, 6.45) is 0.407. The molecule has 0 bridgehead atoms. The Hall–Kier alpha value is -2.94. The van der Waals surface area contributed by atoms with Gasteiger partial charge in [-0.15, -0.1) is 0 Å². The molecule has 0 aliphatic carbocycles. The first-order valence-electron chi connectivity index (χ1n) is 9.09. The Kier molecular flexibility index (Phi) is 4.99. The van der Waals surface area contributed by atoms with Gasteiger partial charge in [0.1, 0.15) is 11.2 Å². The lowest BCUT2D eigenvalue weighted by atomic mass is 10.2. The average Bonchev–Trinajstić information content (AvgIpc) is 2.71. The van der Waals surface area contributed by atoms with E-state index in [1.165, 1.54) is 22.9 Å².